The van der Waals surface area contributed by atoms with E-state index in [9.17, 15) is 15.2 Å². The molecule has 0 heterocycles. The normalized spacial score (nSPS) is 14.7. The van der Waals surface area contributed by atoms with E-state index in [4.69, 9.17) is 10.00 Å². The summed E-state index contributed by atoms with van der Waals surface area (Å²) in [5, 5.41) is 30.1. The summed E-state index contributed by atoms with van der Waals surface area (Å²) in [7, 11) is 0. The summed E-state index contributed by atoms with van der Waals surface area (Å²) in [4.78, 5) is 10.5. The number of nitrogens with zero attached hydrogens (tertiary/aromatic N) is 2. The van der Waals surface area contributed by atoms with Crippen LogP contribution in [0.4, 0.5) is 5.69 Å². The molecule has 0 radical (unpaired) electrons. The molecule has 1 aliphatic rings. The van der Waals surface area contributed by atoms with Crippen molar-refractivity contribution in [2.24, 2.45) is 5.92 Å². The van der Waals surface area contributed by atoms with Crippen LogP contribution in [0.5, 0.6) is 11.5 Å². The van der Waals surface area contributed by atoms with Crippen LogP contribution in [0.15, 0.2) is 12.1 Å². The average molecular weight is 276 g/mol. The zero-order valence-electron chi connectivity index (χ0n) is 11.4. The average Bonchev–Trinajstić information content (AvgIpc) is 3.20. The number of phenolic OH excluding ortho intramolecular Hbond substituents is 1. The van der Waals surface area contributed by atoms with E-state index in [2.05, 4.69) is 0 Å². The molecule has 0 aliphatic heterocycles. The number of nitro benzene ring substituents is 1. The monoisotopic (exact) mass is 276 g/mol. The minimum absolute atomic E-state index is 0.195. The Morgan fingerprint density at radius 1 is 1.55 bits per heavy atom. The van der Waals surface area contributed by atoms with Crippen molar-refractivity contribution in [3.8, 4) is 17.6 Å². The molecule has 0 saturated heterocycles. The molecule has 0 atom stereocenters. The summed E-state index contributed by atoms with van der Waals surface area (Å²) in [6.07, 6.45) is 2.20. The van der Waals surface area contributed by atoms with Gasteiger partial charge < -0.3 is 9.84 Å². The maximum Gasteiger partial charge on any atom is 0.278 e. The van der Waals surface area contributed by atoms with E-state index in [0.29, 0.717) is 12.5 Å². The van der Waals surface area contributed by atoms with Crippen molar-refractivity contribution in [2.45, 2.75) is 32.1 Å². The fourth-order valence-electron chi connectivity index (χ4n) is 1.88. The van der Waals surface area contributed by atoms with Gasteiger partial charge in [-0.1, -0.05) is 0 Å². The van der Waals surface area contributed by atoms with Crippen molar-refractivity contribution in [3.63, 3.8) is 0 Å². The molecule has 20 heavy (non-hydrogen) atoms. The van der Waals surface area contributed by atoms with E-state index < -0.39 is 10.3 Å². The molecule has 0 unspecified atom stereocenters. The van der Waals surface area contributed by atoms with Crippen LogP contribution in [-0.2, 0) is 5.41 Å². The predicted octanol–water partition coefficient (Wildman–Crippen LogP) is 2.89. The summed E-state index contributed by atoms with van der Waals surface area (Å²) in [5.74, 6) is 0.424. The largest absolute Gasteiger partial charge is 0.504 e. The number of ether oxygens (including phenoxy) is 1. The Morgan fingerprint density at radius 2 is 2.20 bits per heavy atom. The number of nitro groups is 1. The minimum atomic E-state index is -1.03. The number of hydrogen-bond acceptors (Lipinski definition) is 5. The maximum absolute atomic E-state index is 11.1. The quantitative estimate of drug-likeness (QED) is 0.658. The van der Waals surface area contributed by atoms with Gasteiger partial charge in [-0.15, -0.1) is 0 Å². The van der Waals surface area contributed by atoms with E-state index in [1.165, 1.54) is 6.07 Å². The summed E-state index contributed by atoms with van der Waals surface area (Å²) in [6.45, 7) is 3.67. The molecule has 6 nitrogen and oxygen atoms in total. The highest BCUT2D eigenvalue weighted by molar-refractivity contribution is 5.57. The molecule has 1 saturated carbocycles. The maximum atomic E-state index is 11.1. The molecule has 2 rings (SSSR count). The van der Waals surface area contributed by atoms with Crippen LogP contribution in [0.2, 0.25) is 0 Å². The van der Waals surface area contributed by atoms with E-state index in [1.54, 1.807) is 13.8 Å². The van der Waals surface area contributed by atoms with Crippen LogP contribution in [0.3, 0.4) is 0 Å². The molecular formula is C14H16N2O4. The van der Waals surface area contributed by atoms with E-state index in [1.807, 2.05) is 6.07 Å². The Kier molecular flexibility index (Phi) is 3.53. The summed E-state index contributed by atoms with van der Waals surface area (Å²) in [5.41, 5.74) is -1.06. The highest BCUT2D eigenvalue weighted by Gasteiger charge is 2.31. The first kappa shape index (κ1) is 14.1. The van der Waals surface area contributed by atoms with Crippen molar-refractivity contribution in [2.75, 3.05) is 6.61 Å². The van der Waals surface area contributed by atoms with Crippen molar-refractivity contribution >= 4 is 5.69 Å². The van der Waals surface area contributed by atoms with E-state index >= 15 is 0 Å². The highest BCUT2D eigenvalue weighted by Crippen LogP contribution is 2.40. The highest BCUT2D eigenvalue weighted by atomic mass is 16.6. The van der Waals surface area contributed by atoms with Crippen molar-refractivity contribution < 1.29 is 14.8 Å². The lowest BCUT2D eigenvalue weighted by Gasteiger charge is -2.18. The molecule has 1 fully saturated rings. The van der Waals surface area contributed by atoms with Crippen LogP contribution >= 0.6 is 0 Å². The van der Waals surface area contributed by atoms with Gasteiger partial charge in [-0.3, -0.25) is 10.1 Å². The number of benzene rings is 1. The third-order valence-corrected chi connectivity index (χ3v) is 3.40. The second kappa shape index (κ2) is 5.00. The van der Waals surface area contributed by atoms with Crippen LogP contribution in [0.1, 0.15) is 32.3 Å². The van der Waals surface area contributed by atoms with Gasteiger partial charge in [-0.05, 0) is 38.7 Å². The zero-order valence-corrected chi connectivity index (χ0v) is 11.4. The summed E-state index contributed by atoms with van der Waals surface area (Å²) in [6, 6.07) is 4.49. The lowest BCUT2D eigenvalue weighted by atomic mass is 9.85. The molecule has 1 aromatic carbocycles. The second-order valence-corrected chi connectivity index (χ2v) is 5.59. The first-order valence-corrected chi connectivity index (χ1v) is 6.41. The van der Waals surface area contributed by atoms with Crippen molar-refractivity contribution in [3.05, 3.63) is 27.8 Å². The lowest BCUT2D eigenvalue weighted by molar-refractivity contribution is -0.386. The molecular weight excluding hydrogens is 260 g/mol. The third kappa shape index (κ3) is 2.82. The number of rotatable bonds is 5. The predicted molar refractivity (Wildman–Crippen MR) is 71.6 cm³/mol. The van der Waals surface area contributed by atoms with Gasteiger partial charge in [0.25, 0.3) is 5.69 Å². The molecule has 6 heteroatoms. The van der Waals surface area contributed by atoms with Crippen LogP contribution < -0.4 is 4.74 Å². The third-order valence-electron chi connectivity index (χ3n) is 3.40. The van der Waals surface area contributed by atoms with Gasteiger partial charge in [0.2, 0.25) is 0 Å². The number of aromatic hydroxyl groups is 1. The fourth-order valence-corrected chi connectivity index (χ4v) is 1.88. The lowest BCUT2D eigenvalue weighted by Crippen LogP contribution is -2.16. The van der Waals surface area contributed by atoms with Gasteiger partial charge in [0, 0.05) is 0 Å². The standard InChI is InChI=1S/C14H16N2O4/c1-14(2,8-15)10-5-13(20-7-9-3-4-9)12(17)6-11(10)16(18)19/h5-6,9,17H,3-4,7H2,1-2H3. The Hall–Kier alpha value is -2.29. The molecule has 0 aromatic heterocycles. The van der Waals surface area contributed by atoms with Gasteiger partial charge in [0.05, 0.1) is 34.6 Å². The molecule has 1 aliphatic carbocycles. The molecule has 0 amide bonds. The number of nitriles is 1. The topological polar surface area (TPSA) is 96.4 Å². The molecule has 106 valence electrons. The number of hydrogen-bond donors (Lipinski definition) is 1. The van der Waals surface area contributed by atoms with Crippen molar-refractivity contribution in [1.29, 1.82) is 5.26 Å². The van der Waals surface area contributed by atoms with Gasteiger partial charge >= 0.3 is 0 Å². The first-order valence-electron chi connectivity index (χ1n) is 6.41. The summed E-state index contributed by atoms with van der Waals surface area (Å²) < 4.78 is 5.49. The Balaban J connectivity index is 2.42. The Labute approximate surface area is 116 Å². The van der Waals surface area contributed by atoms with Gasteiger partial charge in [-0.25, -0.2) is 0 Å². The SMILES string of the molecule is CC(C)(C#N)c1cc(OCC2CC2)c(O)cc1[N+](=O)[O-]. The Bertz CT molecular complexity index is 586. The first-order chi connectivity index (χ1) is 9.35. The summed E-state index contributed by atoms with van der Waals surface area (Å²) >= 11 is 0. The van der Waals surface area contributed by atoms with Gasteiger partial charge in [0.1, 0.15) is 0 Å². The molecule has 1 N–H and O–H groups in total. The van der Waals surface area contributed by atoms with Gasteiger partial charge in [0.15, 0.2) is 11.5 Å². The fraction of sp³-hybridized carbons (Fsp3) is 0.500. The second-order valence-electron chi connectivity index (χ2n) is 5.59. The minimum Gasteiger partial charge on any atom is -0.504 e. The zero-order chi connectivity index (χ0) is 14.9. The van der Waals surface area contributed by atoms with E-state index in [0.717, 1.165) is 18.9 Å². The van der Waals surface area contributed by atoms with Crippen LogP contribution in [0.25, 0.3) is 0 Å². The van der Waals surface area contributed by atoms with Crippen molar-refractivity contribution in [1.82, 2.24) is 0 Å². The van der Waals surface area contributed by atoms with E-state index in [-0.39, 0.29) is 22.7 Å². The molecule has 0 spiro atoms. The molecule has 1 aromatic rings. The van der Waals surface area contributed by atoms with Crippen LogP contribution in [0, 0.1) is 27.4 Å². The smallest absolute Gasteiger partial charge is 0.278 e. The molecule has 0 bridgehead atoms. The van der Waals surface area contributed by atoms with Gasteiger partial charge in [-0.2, -0.15) is 5.26 Å². The van der Waals surface area contributed by atoms with Crippen LogP contribution in [-0.4, -0.2) is 16.6 Å². The Morgan fingerprint density at radius 3 is 2.70 bits per heavy atom. The number of phenols is 1.